The molecule has 0 bridgehead atoms. The fraction of sp³-hybridized carbons (Fsp3) is 0.250. The van der Waals surface area contributed by atoms with Gasteiger partial charge in [-0.1, -0.05) is 78.8 Å². The Balaban J connectivity index is 1.22. The monoisotopic (exact) mass is 519 g/mol. The van der Waals surface area contributed by atoms with Crippen molar-refractivity contribution in [1.29, 1.82) is 0 Å². The van der Waals surface area contributed by atoms with Crippen LogP contribution in [0.1, 0.15) is 49.4 Å². The third-order valence-corrected chi connectivity index (χ3v) is 7.35. The zero-order chi connectivity index (χ0) is 26.8. The number of ether oxygens (including phenoxy) is 1. The second kappa shape index (κ2) is 10.3. The fourth-order valence-corrected chi connectivity index (χ4v) is 5.00. The molecule has 1 saturated carbocycles. The summed E-state index contributed by atoms with van der Waals surface area (Å²) in [5.74, 6) is 1.60. The molecule has 5 aromatic rings. The van der Waals surface area contributed by atoms with E-state index < -0.39 is 5.41 Å². The second-order valence-electron chi connectivity index (χ2n) is 9.79. The van der Waals surface area contributed by atoms with Crippen LogP contribution in [-0.4, -0.2) is 27.9 Å². The van der Waals surface area contributed by atoms with Crippen LogP contribution in [-0.2, 0) is 27.8 Å². The van der Waals surface area contributed by atoms with Gasteiger partial charge >= 0.3 is 5.97 Å². The Bertz CT molecular complexity index is 1580. The summed E-state index contributed by atoms with van der Waals surface area (Å²) in [5, 5.41) is 12.8. The Morgan fingerprint density at radius 3 is 2.15 bits per heavy atom. The number of rotatable bonds is 9. The van der Waals surface area contributed by atoms with Gasteiger partial charge in [-0.15, -0.1) is 10.2 Å². The molecule has 0 radical (unpaired) electrons. The average Bonchev–Trinajstić information content (AvgIpc) is 3.50. The van der Waals surface area contributed by atoms with Crippen LogP contribution in [0, 0.1) is 0 Å². The molecule has 0 unspecified atom stereocenters. The van der Waals surface area contributed by atoms with Crippen molar-refractivity contribution < 1.29 is 18.5 Å². The summed E-state index contributed by atoms with van der Waals surface area (Å²) >= 11 is 0. The van der Waals surface area contributed by atoms with E-state index in [0.717, 1.165) is 58.3 Å². The number of hydrogen-bond acceptors (Lipinski definition) is 7. The minimum absolute atomic E-state index is 0.117. The van der Waals surface area contributed by atoms with E-state index in [1.165, 1.54) is 0 Å². The lowest BCUT2D eigenvalue weighted by Gasteiger charge is -2.14. The highest BCUT2D eigenvalue weighted by molar-refractivity contribution is 5.87. The van der Waals surface area contributed by atoms with E-state index in [-0.39, 0.29) is 5.97 Å². The van der Waals surface area contributed by atoms with E-state index in [4.69, 9.17) is 13.7 Å². The van der Waals surface area contributed by atoms with Crippen molar-refractivity contribution in [2.24, 2.45) is 0 Å². The van der Waals surface area contributed by atoms with Crippen LogP contribution in [0.4, 0.5) is 0 Å². The van der Waals surface area contributed by atoms with Crippen molar-refractivity contribution in [3.05, 3.63) is 102 Å². The van der Waals surface area contributed by atoms with E-state index in [0.29, 0.717) is 30.6 Å². The van der Waals surface area contributed by atoms with Gasteiger partial charge in [0.1, 0.15) is 0 Å². The van der Waals surface area contributed by atoms with Crippen molar-refractivity contribution in [2.45, 2.75) is 44.9 Å². The predicted octanol–water partition coefficient (Wildman–Crippen LogP) is 6.81. The Labute approximate surface area is 226 Å². The number of esters is 1. The maximum absolute atomic E-state index is 12.4. The maximum Gasteiger partial charge on any atom is 0.316 e. The van der Waals surface area contributed by atoms with Crippen LogP contribution in [0.15, 0.2) is 87.8 Å². The molecule has 3 aromatic carbocycles. The number of nitrogens with zero attached hydrogens (tertiary/aromatic N) is 3. The number of aromatic nitrogens is 3. The Kier molecular flexibility index (Phi) is 6.57. The molecule has 1 aliphatic carbocycles. The molecule has 7 heteroatoms. The average molecular weight is 520 g/mol. The normalized spacial score (nSPS) is 13.8. The highest BCUT2D eigenvalue weighted by atomic mass is 16.5. The number of carbonyl (C=O) groups excluding carboxylic acids is 1. The molecule has 2 heterocycles. The van der Waals surface area contributed by atoms with Crippen LogP contribution in [0.2, 0.25) is 0 Å². The lowest BCUT2D eigenvalue weighted by Crippen LogP contribution is -2.23. The lowest BCUT2D eigenvalue weighted by atomic mass is 9.93. The molecular weight excluding hydrogens is 490 g/mol. The molecule has 39 heavy (non-hydrogen) atoms. The van der Waals surface area contributed by atoms with Gasteiger partial charge in [0.2, 0.25) is 11.8 Å². The molecule has 0 saturated heterocycles. The van der Waals surface area contributed by atoms with Crippen molar-refractivity contribution in [1.82, 2.24) is 15.4 Å². The first-order valence-corrected chi connectivity index (χ1v) is 13.3. The van der Waals surface area contributed by atoms with Crippen molar-refractivity contribution >= 4 is 5.97 Å². The van der Waals surface area contributed by atoms with Crippen LogP contribution in [0.25, 0.3) is 33.9 Å². The van der Waals surface area contributed by atoms with Gasteiger partial charge in [-0.3, -0.25) is 4.79 Å². The maximum atomic E-state index is 12.4. The van der Waals surface area contributed by atoms with Crippen molar-refractivity contribution in [2.75, 3.05) is 6.61 Å². The summed E-state index contributed by atoms with van der Waals surface area (Å²) in [6.45, 7) is 4.30. The van der Waals surface area contributed by atoms with Gasteiger partial charge in [0.15, 0.2) is 5.76 Å². The molecule has 0 amide bonds. The Hall–Kier alpha value is -4.52. The van der Waals surface area contributed by atoms with E-state index in [9.17, 15) is 4.79 Å². The van der Waals surface area contributed by atoms with Gasteiger partial charge in [-0.2, -0.15) is 0 Å². The van der Waals surface area contributed by atoms with E-state index in [2.05, 4.69) is 46.5 Å². The summed E-state index contributed by atoms with van der Waals surface area (Å²) in [7, 11) is 0. The number of carbonyl (C=O) groups is 1. The molecule has 2 aromatic heterocycles. The standard InChI is InChI=1S/C32H29N3O4/c1-3-27-26(20-28-33-34-30(38-28)24-8-6-5-7-9-24)29(39-35-27)23-12-10-21(11-13-23)22-14-16-25(17-15-22)32(18-19-32)31(36)37-4-2/h5-17H,3-4,18-20H2,1-2H3. The highest BCUT2D eigenvalue weighted by Gasteiger charge is 2.52. The molecule has 1 fully saturated rings. The fourth-order valence-electron chi connectivity index (χ4n) is 5.00. The van der Waals surface area contributed by atoms with Gasteiger partial charge in [0, 0.05) is 16.7 Å². The van der Waals surface area contributed by atoms with E-state index >= 15 is 0 Å². The summed E-state index contributed by atoms with van der Waals surface area (Å²) < 4.78 is 17.1. The number of hydrogen-bond donors (Lipinski definition) is 0. The first-order valence-electron chi connectivity index (χ1n) is 13.3. The molecule has 196 valence electrons. The van der Waals surface area contributed by atoms with Gasteiger partial charge in [-0.25, -0.2) is 0 Å². The molecule has 0 atom stereocenters. The third kappa shape index (κ3) is 4.76. The SMILES string of the molecule is CCOC(=O)C1(c2ccc(-c3ccc(-c4onc(CC)c4Cc4nnc(-c5ccccc5)o4)cc3)cc2)CC1. The second-order valence-corrected chi connectivity index (χ2v) is 9.79. The topological polar surface area (TPSA) is 91.2 Å². The quantitative estimate of drug-likeness (QED) is 0.198. The van der Waals surface area contributed by atoms with E-state index in [1.54, 1.807) is 0 Å². The van der Waals surface area contributed by atoms with Crippen molar-refractivity contribution in [3.63, 3.8) is 0 Å². The van der Waals surface area contributed by atoms with Gasteiger partial charge in [0.05, 0.1) is 24.1 Å². The molecule has 1 aliphatic rings. The number of benzene rings is 3. The Morgan fingerprint density at radius 1 is 0.846 bits per heavy atom. The van der Waals surface area contributed by atoms with E-state index in [1.807, 2.05) is 61.5 Å². The summed E-state index contributed by atoms with van der Waals surface area (Å²) in [6.07, 6.45) is 2.86. The lowest BCUT2D eigenvalue weighted by molar-refractivity contribution is -0.146. The first-order chi connectivity index (χ1) is 19.1. The zero-order valence-electron chi connectivity index (χ0n) is 22.0. The molecule has 0 spiro atoms. The number of aryl methyl sites for hydroxylation is 1. The summed E-state index contributed by atoms with van der Waals surface area (Å²) in [5.41, 5.74) is 6.36. The smallest absolute Gasteiger partial charge is 0.316 e. The molecule has 0 N–H and O–H groups in total. The van der Waals surface area contributed by atoms with Gasteiger partial charge in [-0.05, 0) is 55.0 Å². The molecule has 6 rings (SSSR count). The first kappa shape index (κ1) is 24.8. The molecule has 0 aliphatic heterocycles. The third-order valence-electron chi connectivity index (χ3n) is 7.35. The van der Waals surface area contributed by atoms with Crippen LogP contribution < -0.4 is 0 Å². The van der Waals surface area contributed by atoms with Gasteiger partial charge < -0.3 is 13.7 Å². The zero-order valence-corrected chi connectivity index (χ0v) is 22.0. The van der Waals surface area contributed by atoms with Crippen LogP contribution >= 0.6 is 0 Å². The van der Waals surface area contributed by atoms with Crippen LogP contribution in [0.5, 0.6) is 0 Å². The minimum Gasteiger partial charge on any atom is -0.465 e. The largest absolute Gasteiger partial charge is 0.465 e. The highest BCUT2D eigenvalue weighted by Crippen LogP contribution is 2.49. The molecular formula is C32H29N3O4. The minimum atomic E-state index is -0.460. The van der Waals surface area contributed by atoms with Crippen molar-refractivity contribution in [3.8, 4) is 33.9 Å². The summed E-state index contributed by atoms with van der Waals surface area (Å²) in [6, 6.07) is 26.2. The van der Waals surface area contributed by atoms with Gasteiger partial charge in [0.25, 0.3) is 0 Å². The summed E-state index contributed by atoms with van der Waals surface area (Å²) in [4.78, 5) is 12.4. The molecule has 7 nitrogen and oxygen atoms in total. The van der Waals surface area contributed by atoms with Crippen LogP contribution in [0.3, 0.4) is 0 Å². The Morgan fingerprint density at radius 2 is 1.51 bits per heavy atom. The predicted molar refractivity (Wildman–Crippen MR) is 147 cm³/mol.